The van der Waals surface area contributed by atoms with Gasteiger partial charge in [-0.3, -0.25) is 9.59 Å². The zero-order chi connectivity index (χ0) is 12.7. The Morgan fingerprint density at radius 2 is 2.18 bits per heavy atom. The molecule has 1 atom stereocenters. The first-order valence-corrected chi connectivity index (χ1v) is 5.77. The van der Waals surface area contributed by atoms with Gasteiger partial charge >= 0.3 is 5.97 Å². The first-order chi connectivity index (χ1) is 7.93. The summed E-state index contributed by atoms with van der Waals surface area (Å²) in [6.07, 6.45) is 0.120. The molecule has 0 saturated carbocycles. The molecule has 90 valence electrons. The third-order valence-electron chi connectivity index (χ3n) is 2.63. The Balaban J connectivity index is 2.51. The fourth-order valence-corrected chi connectivity index (χ4v) is 2.67. The minimum atomic E-state index is -1.17. The highest BCUT2D eigenvalue weighted by molar-refractivity contribution is 7.11. The quantitative estimate of drug-likeness (QED) is 0.797. The molecule has 1 aromatic heterocycles. The SMILES string of the molecule is Cc1nsc(N2C(=O)CC(C)C2=O)c1C(=O)O. The number of aromatic carboxylic acids is 1. The average Bonchev–Trinajstić information content (AvgIpc) is 2.70. The maximum Gasteiger partial charge on any atom is 0.340 e. The Hall–Kier alpha value is -1.76. The van der Waals surface area contributed by atoms with E-state index in [1.165, 1.54) is 6.92 Å². The molecule has 1 unspecified atom stereocenters. The highest BCUT2D eigenvalue weighted by Crippen LogP contribution is 2.34. The Morgan fingerprint density at radius 3 is 2.65 bits per heavy atom. The molecule has 1 saturated heterocycles. The molecule has 1 aromatic rings. The van der Waals surface area contributed by atoms with Gasteiger partial charge in [0.05, 0.1) is 5.69 Å². The fraction of sp³-hybridized carbons (Fsp3) is 0.400. The molecule has 0 bridgehead atoms. The van der Waals surface area contributed by atoms with E-state index in [4.69, 9.17) is 5.11 Å². The number of rotatable bonds is 2. The van der Waals surface area contributed by atoms with E-state index >= 15 is 0 Å². The lowest BCUT2D eigenvalue weighted by Crippen LogP contribution is -2.30. The Morgan fingerprint density at radius 1 is 1.53 bits per heavy atom. The Labute approximate surface area is 101 Å². The third kappa shape index (κ3) is 1.72. The first kappa shape index (κ1) is 11.7. The van der Waals surface area contributed by atoms with Crippen molar-refractivity contribution in [2.75, 3.05) is 4.90 Å². The Bertz CT molecular complexity index is 522. The van der Waals surface area contributed by atoms with Crippen LogP contribution in [-0.4, -0.2) is 27.3 Å². The van der Waals surface area contributed by atoms with E-state index in [-0.39, 0.29) is 28.8 Å². The van der Waals surface area contributed by atoms with Crippen molar-refractivity contribution in [1.82, 2.24) is 4.37 Å². The van der Waals surface area contributed by atoms with Crippen LogP contribution in [0.5, 0.6) is 0 Å². The van der Waals surface area contributed by atoms with Crippen molar-refractivity contribution >= 4 is 34.3 Å². The third-order valence-corrected chi connectivity index (χ3v) is 3.56. The molecule has 17 heavy (non-hydrogen) atoms. The summed E-state index contributed by atoms with van der Waals surface area (Å²) in [5.74, 6) is -2.30. The molecule has 2 rings (SSSR count). The van der Waals surface area contributed by atoms with Gasteiger partial charge in [0.25, 0.3) is 0 Å². The number of anilines is 1. The normalized spacial score (nSPS) is 20.1. The number of hydrogen-bond donors (Lipinski definition) is 1. The lowest BCUT2D eigenvalue weighted by molar-refractivity contribution is -0.122. The summed E-state index contributed by atoms with van der Waals surface area (Å²) in [5, 5.41) is 9.17. The molecular formula is C10H10N2O4S. The standard InChI is InChI=1S/C10H10N2O4S/c1-4-3-6(13)12(8(4)14)9-7(10(15)16)5(2)11-17-9/h4H,3H2,1-2H3,(H,15,16). The van der Waals surface area contributed by atoms with E-state index < -0.39 is 11.9 Å². The molecule has 2 heterocycles. The van der Waals surface area contributed by atoms with Gasteiger partial charge in [0.2, 0.25) is 11.8 Å². The van der Waals surface area contributed by atoms with Gasteiger partial charge in [-0.25, -0.2) is 9.69 Å². The number of carboxylic acid groups (broad SMARTS) is 1. The van der Waals surface area contributed by atoms with Gasteiger partial charge in [-0.15, -0.1) is 0 Å². The zero-order valence-electron chi connectivity index (χ0n) is 9.26. The molecule has 2 amide bonds. The van der Waals surface area contributed by atoms with Crippen LogP contribution in [0.3, 0.4) is 0 Å². The molecular weight excluding hydrogens is 244 g/mol. The van der Waals surface area contributed by atoms with Gasteiger partial charge in [0, 0.05) is 12.3 Å². The van der Waals surface area contributed by atoms with Crippen LogP contribution in [0.25, 0.3) is 0 Å². The lowest BCUT2D eigenvalue weighted by Gasteiger charge is -2.12. The molecule has 1 N–H and O–H groups in total. The summed E-state index contributed by atoms with van der Waals surface area (Å²) in [7, 11) is 0. The van der Waals surface area contributed by atoms with Crippen LogP contribution in [0.15, 0.2) is 0 Å². The maximum absolute atomic E-state index is 11.8. The second-order valence-corrected chi connectivity index (χ2v) is 4.68. The van der Waals surface area contributed by atoms with E-state index in [9.17, 15) is 14.4 Å². The highest BCUT2D eigenvalue weighted by atomic mass is 32.1. The van der Waals surface area contributed by atoms with Crippen molar-refractivity contribution in [2.24, 2.45) is 5.92 Å². The van der Waals surface area contributed by atoms with Crippen LogP contribution in [0.4, 0.5) is 5.00 Å². The number of imide groups is 1. The number of aromatic nitrogens is 1. The molecule has 0 spiro atoms. The number of carbonyl (C=O) groups excluding carboxylic acids is 2. The minimum Gasteiger partial charge on any atom is -0.478 e. The molecule has 7 heteroatoms. The van der Waals surface area contributed by atoms with Crippen LogP contribution in [-0.2, 0) is 9.59 Å². The topological polar surface area (TPSA) is 87.6 Å². The summed E-state index contributed by atoms with van der Waals surface area (Å²) in [6.45, 7) is 3.19. The van der Waals surface area contributed by atoms with Crippen LogP contribution in [0, 0.1) is 12.8 Å². The molecule has 6 nitrogen and oxygen atoms in total. The average molecular weight is 254 g/mol. The molecule has 0 aromatic carbocycles. The van der Waals surface area contributed by atoms with Crippen molar-refractivity contribution in [3.05, 3.63) is 11.3 Å². The van der Waals surface area contributed by atoms with E-state index in [1.807, 2.05) is 0 Å². The van der Waals surface area contributed by atoms with Gasteiger partial charge in [0.15, 0.2) is 0 Å². The van der Waals surface area contributed by atoms with Gasteiger partial charge in [0.1, 0.15) is 10.6 Å². The predicted octanol–water partition coefficient (Wildman–Crippen LogP) is 1.05. The second-order valence-electron chi connectivity index (χ2n) is 3.93. The number of nitrogens with zero attached hydrogens (tertiary/aromatic N) is 2. The van der Waals surface area contributed by atoms with Crippen molar-refractivity contribution in [1.29, 1.82) is 0 Å². The molecule has 1 aliphatic heterocycles. The monoisotopic (exact) mass is 254 g/mol. The van der Waals surface area contributed by atoms with Gasteiger partial charge < -0.3 is 5.11 Å². The molecule has 0 aliphatic carbocycles. The summed E-state index contributed by atoms with van der Waals surface area (Å²) in [4.78, 5) is 35.5. The number of amides is 2. The van der Waals surface area contributed by atoms with Crippen molar-refractivity contribution in [3.8, 4) is 0 Å². The number of aryl methyl sites for hydroxylation is 1. The number of carbonyl (C=O) groups is 3. The summed E-state index contributed by atoms with van der Waals surface area (Å²) < 4.78 is 3.89. The predicted molar refractivity (Wildman–Crippen MR) is 60.1 cm³/mol. The number of hydrogen-bond acceptors (Lipinski definition) is 5. The van der Waals surface area contributed by atoms with Crippen molar-refractivity contribution in [2.45, 2.75) is 20.3 Å². The van der Waals surface area contributed by atoms with Crippen LogP contribution in [0.2, 0.25) is 0 Å². The molecule has 1 aliphatic rings. The second kappa shape index (κ2) is 3.92. The van der Waals surface area contributed by atoms with E-state index in [1.54, 1.807) is 6.92 Å². The molecule has 0 radical (unpaired) electrons. The van der Waals surface area contributed by atoms with Crippen LogP contribution in [0.1, 0.15) is 29.4 Å². The minimum absolute atomic E-state index is 0.0641. The molecule has 1 fully saturated rings. The smallest absolute Gasteiger partial charge is 0.340 e. The summed E-state index contributed by atoms with van der Waals surface area (Å²) in [5.41, 5.74) is 0.253. The fourth-order valence-electron chi connectivity index (χ4n) is 1.75. The van der Waals surface area contributed by atoms with E-state index in [2.05, 4.69) is 4.37 Å². The Kier molecular flexibility index (Phi) is 2.70. The van der Waals surface area contributed by atoms with E-state index in [0.717, 1.165) is 16.4 Å². The first-order valence-electron chi connectivity index (χ1n) is 4.99. The summed E-state index contributed by atoms with van der Waals surface area (Å²) in [6, 6.07) is 0. The van der Waals surface area contributed by atoms with Gasteiger partial charge in [-0.05, 0) is 18.5 Å². The highest BCUT2D eigenvalue weighted by Gasteiger charge is 2.40. The zero-order valence-corrected chi connectivity index (χ0v) is 10.1. The van der Waals surface area contributed by atoms with E-state index in [0.29, 0.717) is 5.69 Å². The maximum atomic E-state index is 11.8. The lowest BCUT2D eigenvalue weighted by atomic mass is 10.1. The number of carboxylic acids is 1. The van der Waals surface area contributed by atoms with Crippen molar-refractivity contribution < 1.29 is 19.5 Å². The largest absolute Gasteiger partial charge is 0.478 e. The summed E-state index contributed by atoms with van der Waals surface area (Å²) >= 11 is 0.865. The van der Waals surface area contributed by atoms with Crippen molar-refractivity contribution in [3.63, 3.8) is 0 Å². The van der Waals surface area contributed by atoms with Gasteiger partial charge in [-0.2, -0.15) is 4.37 Å². The van der Waals surface area contributed by atoms with Crippen LogP contribution >= 0.6 is 11.5 Å². The van der Waals surface area contributed by atoms with Crippen LogP contribution < -0.4 is 4.90 Å². The van der Waals surface area contributed by atoms with Gasteiger partial charge in [-0.1, -0.05) is 6.92 Å².